The van der Waals surface area contributed by atoms with E-state index in [-0.39, 0.29) is 23.8 Å². The molecule has 0 fully saturated rings. The summed E-state index contributed by atoms with van der Waals surface area (Å²) in [5, 5.41) is 0. The monoisotopic (exact) mass is 326 g/mol. The molecule has 0 aromatic heterocycles. The lowest BCUT2D eigenvalue weighted by atomic mass is 9.97. The van der Waals surface area contributed by atoms with Gasteiger partial charge < -0.3 is 4.74 Å². The van der Waals surface area contributed by atoms with E-state index in [1.54, 1.807) is 0 Å². The first-order valence-corrected chi connectivity index (χ1v) is 9.44. The Hall–Kier alpha value is -0.860. The van der Waals surface area contributed by atoms with Gasteiger partial charge in [-0.25, -0.2) is 0 Å². The van der Waals surface area contributed by atoms with Crippen LogP contribution in [-0.2, 0) is 14.3 Å². The maximum Gasteiger partial charge on any atom is 0.313 e. The molecule has 2 unspecified atom stereocenters. The first-order valence-electron chi connectivity index (χ1n) is 9.44. The molecule has 0 N–H and O–H groups in total. The molecular formula is C20H38O3. The SMILES string of the molecule is CC(C)CCCC(C)CC(=O)OC(=O)CC(C)CCCC(C)C. The van der Waals surface area contributed by atoms with E-state index in [1.807, 2.05) is 0 Å². The number of hydrogen-bond acceptors (Lipinski definition) is 3. The minimum absolute atomic E-state index is 0.289. The number of ether oxygens (including phenoxy) is 1. The summed E-state index contributed by atoms with van der Waals surface area (Å²) < 4.78 is 4.97. The molecule has 0 aliphatic heterocycles. The number of carbonyl (C=O) groups excluding carboxylic acids is 2. The van der Waals surface area contributed by atoms with Crippen molar-refractivity contribution in [2.45, 2.75) is 92.9 Å². The van der Waals surface area contributed by atoms with Gasteiger partial charge in [-0.15, -0.1) is 0 Å². The molecule has 0 aliphatic carbocycles. The zero-order chi connectivity index (χ0) is 17.8. The Morgan fingerprint density at radius 2 is 1.00 bits per heavy atom. The summed E-state index contributed by atoms with van der Waals surface area (Å²) in [6.07, 6.45) is 7.38. The molecular weight excluding hydrogens is 288 g/mol. The molecule has 0 bridgehead atoms. The Morgan fingerprint density at radius 3 is 1.30 bits per heavy atom. The summed E-state index contributed by atoms with van der Waals surface area (Å²) >= 11 is 0. The highest BCUT2D eigenvalue weighted by Gasteiger charge is 2.17. The van der Waals surface area contributed by atoms with Crippen molar-refractivity contribution < 1.29 is 14.3 Å². The molecule has 0 amide bonds. The van der Waals surface area contributed by atoms with E-state index in [1.165, 1.54) is 12.8 Å². The van der Waals surface area contributed by atoms with Crippen LogP contribution in [0.2, 0.25) is 0 Å². The van der Waals surface area contributed by atoms with Crippen LogP contribution in [0.25, 0.3) is 0 Å². The quantitative estimate of drug-likeness (QED) is 0.338. The van der Waals surface area contributed by atoms with E-state index in [0.29, 0.717) is 24.7 Å². The van der Waals surface area contributed by atoms with Gasteiger partial charge >= 0.3 is 11.9 Å². The van der Waals surface area contributed by atoms with Crippen LogP contribution in [0.1, 0.15) is 92.9 Å². The standard InChI is InChI=1S/C20H38O3/c1-15(2)9-7-11-17(5)13-19(21)23-20(22)14-18(6)12-8-10-16(3)4/h15-18H,7-14H2,1-6H3. The summed E-state index contributed by atoms with van der Waals surface area (Å²) in [6, 6.07) is 0. The Labute approximate surface area is 143 Å². The molecule has 0 saturated carbocycles. The van der Waals surface area contributed by atoms with Crippen LogP contribution in [0.3, 0.4) is 0 Å². The van der Waals surface area contributed by atoms with Gasteiger partial charge in [0.1, 0.15) is 0 Å². The second kappa shape index (κ2) is 12.5. The molecule has 0 heterocycles. The molecule has 0 aliphatic rings. The van der Waals surface area contributed by atoms with Crippen molar-refractivity contribution in [2.24, 2.45) is 23.7 Å². The molecule has 0 spiro atoms. The lowest BCUT2D eigenvalue weighted by Gasteiger charge is -2.13. The van der Waals surface area contributed by atoms with Crippen molar-refractivity contribution in [3.8, 4) is 0 Å². The van der Waals surface area contributed by atoms with Gasteiger partial charge in [0, 0.05) is 12.8 Å². The van der Waals surface area contributed by atoms with Gasteiger partial charge in [0.2, 0.25) is 0 Å². The Bertz CT molecular complexity index is 302. The minimum Gasteiger partial charge on any atom is -0.393 e. The van der Waals surface area contributed by atoms with Crippen LogP contribution in [0.4, 0.5) is 0 Å². The Balaban J connectivity index is 3.85. The van der Waals surface area contributed by atoms with Gasteiger partial charge in [-0.1, -0.05) is 80.1 Å². The Kier molecular flexibility index (Phi) is 12.1. The molecule has 136 valence electrons. The van der Waals surface area contributed by atoms with E-state index in [9.17, 15) is 9.59 Å². The zero-order valence-corrected chi connectivity index (χ0v) is 16.2. The fraction of sp³-hybridized carbons (Fsp3) is 0.900. The van der Waals surface area contributed by atoms with Gasteiger partial charge in [0.15, 0.2) is 0 Å². The maximum atomic E-state index is 11.8. The van der Waals surface area contributed by atoms with Crippen molar-refractivity contribution >= 4 is 11.9 Å². The van der Waals surface area contributed by atoms with E-state index in [0.717, 1.165) is 25.7 Å². The zero-order valence-electron chi connectivity index (χ0n) is 16.2. The predicted octanol–water partition coefficient (Wildman–Crippen LogP) is 5.76. The third kappa shape index (κ3) is 14.5. The topological polar surface area (TPSA) is 43.4 Å². The fourth-order valence-electron chi connectivity index (χ4n) is 2.73. The fourth-order valence-corrected chi connectivity index (χ4v) is 2.73. The lowest BCUT2D eigenvalue weighted by Crippen LogP contribution is -2.17. The van der Waals surface area contributed by atoms with Gasteiger partial charge in [-0.05, 0) is 23.7 Å². The molecule has 3 heteroatoms. The number of hydrogen-bond donors (Lipinski definition) is 0. The summed E-state index contributed by atoms with van der Waals surface area (Å²) in [5.41, 5.74) is 0. The van der Waals surface area contributed by atoms with E-state index < -0.39 is 0 Å². The normalized spacial score (nSPS) is 14.1. The third-order valence-corrected chi connectivity index (χ3v) is 4.21. The van der Waals surface area contributed by atoms with Gasteiger partial charge in [0.25, 0.3) is 0 Å². The maximum absolute atomic E-state index is 11.8. The van der Waals surface area contributed by atoms with Crippen molar-refractivity contribution in [3.63, 3.8) is 0 Å². The minimum atomic E-state index is -0.360. The smallest absolute Gasteiger partial charge is 0.313 e. The van der Waals surface area contributed by atoms with Crippen LogP contribution < -0.4 is 0 Å². The summed E-state index contributed by atoms with van der Waals surface area (Å²) in [4.78, 5) is 23.6. The summed E-state index contributed by atoms with van der Waals surface area (Å²) in [7, 11) is 0. The average Bonchev–Trinajstić information content (AvgIpc) is 2.36. The second-order valence-electron chi connectivity index (χ2n) is 8.11. The molecule has 0 aromatic rings. The van der Waals surface area contributed by atoms with Gasteiger partial charge in [0.05, 0.1) is 0 Å². The van der Waals surface area contributed by atoms with Crippen LogP contribution in [0.5, 0.6) is 0 Å². The van der Waals surface area contributed by atoms with Gasteiger partial charge in [-0.2, -0.15) is 0 Å². The van der Waals surface area contributed by atoms with Crippen LogP contribution in [0, 0.1) is 23.7 Å². The number of esters is 2. The number of rotatable bonds is 12. The highest BCUT2D eigenvalue weighted by atomic mass is 16.6. The first-order chi connectivity index (χ1) is 10.7. The largest absolute Gasteiger partial charge is 0.393 e. The summed E-state index contributed by atoms with van der Waals surface area (Å²) in [5.74, 6) is 1.26. The van der Waals surface area contributed by atoms with E-state index >= 15 is 0 Å². The third-order valence-electron chi connectivity index (χ3n) is 4.21. The molecule has 0 saturated heterocycles. The number of carbonyl (C=O) groups is 2. The van der Waals surface area contributed by atoms with E-state index in [2.05, 4.69) is 41.5 Å². The average molecular weight is 327 g/mol. The lowest BCUT2D eigenvalue weighted by molar-refractivity contribution is -0.160. The van der Waals surface area contributed by atoms with Gasteiger partial charge in [-0.3, -0.25) is 9.59 Å². The van der Waals surface area contributed by atoms with Crippen LogP contribution in [-0.4, -0.2) is 11.9 Å². The van der Waals surface area contributed by atoms with Crippen molar-refractivity contribution in [2.75, 3.05) is 0 Å². The molecule has 23 heavy (non-hydrogen) atoms. The summed E-state index contributed by atoms with van der Waals surface area (Å²) in [6.45, 7) is 12.9. The molecule has 0 aromatic carbocycles. The van der Waals surface area contributed by atoms with Crippen molar-refractivity contribution in [1.29, 1.82) is 0 Å². The second-order valence-corrected chi connectivity index (χ2v) is 8.11. The predicted molar refractivity (Wildman–Crippen MR) is 96.0 cm³/mol. The molecule has 0 rings (SSSR count). The highest BCUT2D eigenvalue weighted by molar-refractivity contribution is 5.85. The first kappa shape index (κ1) is 22.1. The Morgan fingerprint density at radius 1 is 0.652 bits per heavy atom. The molecule has 2 atom stereocenters. The molecule has 3 nitrogen and oxygen atoms in total. The van der Waals surface area contributed by atoms with E-state index in [4.69, 9.17) is 4.74 Å². The highest BCUT2D eigenvalue weighted by Crippen LogP contribution is 2.18. The van der Waals surface area contributed by atoms with Crippen LogP contribution in [0.15, 0.2) is 0 Å². The molecule has 0 radical (unpaired) electrons. The van der Waals surface area contributed by atoms with Crippen molar-refractivity contribution in [1.82, 2.24) is 0 Å². The van der Waals surface area contributed by atoms with Crippen LogP contribution >= 0.6 is 0 Å². The van der Waals surface area contributed by atoms with Crippen molar-refractivity contribution in [3.05, 3.63) is 0 Å².